The molecule has 1 amide bonds. The lowest BCUT2D eigenvalue weighted by Crippen LogP contribution is -2.33. The fourth-order valence-electron chi connectivity index (χ4n) is 1.95. The summed E-state index contributed by atoms with van der Waals surface area (Å²) in [5, 5.41) is 2.65. The first-order valence-electron chi connectivity index (χ1n) is 6.74. The number of alkyl halides is 2. The Morgan fingerprint density at radius 3 is 2.45 bits per heavy atom. The predicted octanol–water partition coefficient (Wildman–Crippen LogP) is 3.15. The molecule has 0 unspecified atom stereocenters. The summed E-state index contributed by atoms with van der Waals surface area (Å²) in [5.41, 5.74) is -0.464. The summed E-state index contributed by atoms with van der Waals surface area (Å²) < 4.78 is 9.18. The molecule has 0 bridgehead atoms. The molecule has 0 spiro atoms. The first-order chi connectivity index (χ1) is 10.2. The number of hydrogen-bond acceptors (Lipinski definition) is 4. The Hall–Kier alpha value is -1.46. The zero-order chi connectivity index (χ0) is 16.5. The summed E-state index contributed by atoms with van der Waals surface area (Å²) in [6, 6.07) is 6.95. The molecule has 1 aromatic rings. The Labute approximate surface area is 138 Å². The van der Waals surface area contributed by atoms with E-state index in [1.807, 2.05) is 0 Å². The van der Waals surface area contributed by atoms with Gasteiger partial charge in [-0.2, -0.15) is 0 Å². The number of hydrogen-bond donors (Lipinski definition) is 1. The van der Waals surface area contributed by atoms with Gasteiger partial charge in [0.25, 0.3) is 5.91 Å². The van der Waals surface area contributed by atoms with Crippen molar-refractivity contribution >= 4 is 40.8 Å². The van der Waals surface area contributed by atoms with Crippen LogP contribution in [0.25, 0.3) is 0 Å². The van der Waals surface area contributed by atoms with Gasteiger partial charge in [-0.05, 0) is 26.0 Å². The van der Waals surface area contributed by atoms with Crippen LogP contribution in [0.1, 0.15) is 20.3 Å². The maximum atomic E-state index is 12.1. The third-order valence-corrected chi connectivity index (χ3v) is 4.83. The third kappa shape index (κ3) is 3.15. The number of halogens is 2. The molecule has 0 aliphatic heterocycles. The van der Waals surface area contributed by atoms with Gasteiger partial charge in [0, 0.05) is 6.42 Å². The first-order valence-corrected chi connectivity index (χ1v) is 7.49. The van der Waals surface area contributed by atoms with E-state index in [1.54, 1.807) is 31.2 Å². The minimum atomic E-state index is -1.12. The molecule has 1 saturated carbocycles. The molecule has 0 radical (unpaired) electrons. The molecule has 1 aromatic carbocycles. The zero-order valence-electron chi connectivity index (χ0n) is 12.5. The number of para-hydroxylation sites is 2. The summed E-state index contributed by atoms with van der Waals surface area (Å²) >= 11 is 11.8. The second kappa shape index (κ2) is 5.97. The van der Waals surface area contributed by atoms with E-state index in [0.29, 0.717) is 17.9 Å². The van der Waals surface area contributed by atoms with Crippen molar-refractivity contribution in [2.75, 3.05) is 12.4 Å². The van der Waals surface area contributed by atoms with Gasteiger partial charge < -0.3 is 14.8 Å². The van der Waals surface area contributed by atoms with Crippen LogP contribution in [0, 0.1) is 5.41 Å². The quantitative estimate of drug-likeness (QED) is 0.657. The molecule has 1 aliphatic rings. The van der Waals surface area contributed by atoms with E-state index in [2.05, 4.69) is 5.32 Å². The second-order valence-electron chi connectivity index (χ2n) is 5.45. The Bertz CT molecular complexity index is 605. The lowest BCUT2D eigenvalue weighted by Gasteiger charge is -2.18. The molecule has 5 nitrogen and oxygen atoms in total. The zero-order valence-corrected chi connectivity index (χ0v) is 14.0. The van der Waals surface area contributed by atoms with Crippen LogP contribution >= 0.6 is 23.2 Å². The van der Waals surface area contributed by atoms with Gasteiger partial charge in [0.05, 0.1) is 12.8 Å². The Morgan fingerprint density at radius 2 is 1.91 bits per heavy atom. The Balaban J connectivity index is 1.97. The van der Waals surface area contributed by atoms with Crippen molar-refractivity contribution in [3.05, 3.63) is 24.3 Å². The van der Waals surface area contributed by atoms with Crippen LogP contribution in [-0.2, 0) is 14.3 Å². The topological polar surface area (TPSA) is 64.6 Å². The highest BCUT2D eigenvalue weighted by atomic mass is 35.5. The van der Waals surface area contributed by atoms with Gasteiger partial charge in [0.15, 0.2) is 6.10 Å². The molecule has 7 heteroatoms. The SMILES string of the molecule is COc1ccccc1NC(=O)[C@H](C)OC(=O)[C@]1(C)CC1(Cl)Cl. The van der Waals surface area contributed by atoms with Crippen molar-refractivity contribution in [2.45, 2.75) is 30.7 Å². The number of nitrogens with one attached hydrogen (secondary N) is 1. The van der Waals surface area contributed by atoms with Crippen LogP contribution in [0.15, 0.2) is 24.3 Å². The molecule has 120 valence electrons. The number of carbonyl (C=O) groups is 2. The summed E-state index contributed by atoms with van der Waals surface area (Å²) in [5.74, 6) is -0.527. The molecule has 0 saturated heterocycles. The van der Waals surface area contributed by atoms with Crippen molar-refractivity contribution in [3.63, 3.8) is 0 Å². The molecule has 22 heavy (non-hydrogen) atoms. The van der Waals surface area contributed by atoms with Crippen LogP contribution in [-0.4, -0.2) is 29.4 Å². The van der Waals surface area contributed by atoms with E-state index in [9.17, 15) is 9.59 Å². The fourth-order valence-corrected chi connectivity index (χ4v) is 2.64. The molecule has 1 fully saturated rings. The standard InChI is InChI=1S/C15H17Cl2NO4/c1-9(22-13(20)14(2)8-15(14,16)17)12(19)18-10-6-4-5-7-11(10)21-3/h4-7,9H,8H2,1-3H3,(H,18,19)/t9-,14-/m0/s1. The maximum Gasteiger partial charge on any atom is 0.315 e. The normalized spacial score (nSPS) is 23.3. The number of anilines is 1. The summed E-state index contributed by atoms with van der Waals surface area (Å²) in [4.78, 5) is 24.2. The molecule has 2 rings (SSSR count). The highest BCUT2D eigenvalue weighted by Crippen LogP contribution is 2.64. The van der Waals surface area contributed by atoms with Crippen molar-refractivity contribution in [1.29, 1.82) is 0 Å². The molecule has 0 heterocycles. The Kier molecular flexibility index (Phi) is 4.59. The van der Waals surface area contributed by atoms with E-state index < -0.39 is 27.7 Å². The molecule has 1 N–H and O–H groups in total. The average molecular weight is 346 g/mol. The highest BCUT2D eigenvalue weighted by molar-refractivity contribution is 6.53. The number of rotatable bonds is 5. The van der Waals surface area contributed by atoms with E-state index in [1.165, 1.54) is 14.0 Å². The third-order valence-electron chi connectivity index (χ3n) is 3.73. The van der Waals surface area contributed by atoms with Gasteiger partial charge in [0.2, 0.25) is 0 Å². The number of esters is 1. The van der Waals surface area contributed by atoms with E-state index >= 15 is 0 Å². The summed E-state index contributed by atoms with van der Waals surface area (Å²) in [6.07, 6.45) is -0.665. The van der Waals surface area contributed by atoms with Gasteiger partial charge in [-0.1, -0.05) is 12.1 Å². The van der Waals surface area contributed by atoms with Crippen molar-refractivity contribution in [1.82, 2.24) is 0 Å². The molecule has 2 atom stereocenters. The molecular formula is C15H17Cl2NO4. The number of amides is 1. The lowest BCUT2D eigenvalue weighted by atomic mass is 10.1. The summed E-state index contributed by atoms with van der Waals surface area (Å²) in [7, 11) is 1.50. The molecule has 1 aliphatic carbocycles. The number of methoxy groups -OCH3 is 1. The number of ether oxygens (including phenoxy) is 2. The largest absolute Gasteiger partial charge is 0.495 e. The van der Waals surface area contributed by atoms with Crippen LogP contribution in [0.5, 0.6) is 5.75 Å². The second-order valence-corrected chi connectivity index (χ2v) is 6.93. The minimum Gasteiger partial charge on any atom is -0.495 e. The predicted molar refractivity (Wildman–Crippen MR) is 84.3 cm³/mol. The maximum absolute atomic E-state index is 12.1. The minimum absolute atomic E-state index is 0.308. The van der Waals surface area contributed by atoms with E-state index in [4.69, 9.17) is 32.7 Å². The van der Waals surface area contributed by atoms with Gasteiger partial charge >= 0.3 is 5.97 Å². The van der Waals surface area contributed by atoms with Crippen molar-refractivity contribution < 1.29 is 19.1 Å². The van der Waals surface area contributed by atoms with Gasteiger partial charge in [0.1, 0.15) is 15.5 Å². The van der Waals surface area contributed by atoms with Gasteiger partial charge in [-0.3, -0.25) is 9.59 Å². The average Bonchev–Trinajstić information content (AvgIpc) is 2.99. The van der Waals surface area contributed by atoms with E-state index in [0.717, 1.165) is 0 Å². The molecule has 0 aromatic heterocycles. The highest BCUT2D eigenvalue weighted by Gasteiger charge is 2.69. The van der Waals surface area contributed by atoms with Crippen LogP contribution in [0.2, 0.25) is 0 Å². The number of carbonyl (C=O) groups excluding carboxylic acids is 2. The first kappa shape index (κ1) is 16.9. The van der Waals surface area contributed by atoms with Crippen molar-refractivity contribution in [3.8, 4) is 5.75 Å². The molecular weight excluding hydrogens is 329 g/mol. The monoisotopic (exact) mass is 345 g/mol. The van der Waals surface area contributed by atoms with E-state index in [-0.39, 0.29) is 0 Å². The van der Waals surface area contributed by atoms with Crippen LogP contribution in [0.4, 0.5) is 5.69 Å². The van der Waals surface area contributed by atoms with Crippen LogP contribution < -0.4 is 10.1 Å². The summed E-state index contributed by atoms with van der Waals surface area (Å²) in [6.45, 7) is 3.10. The fraction of sp³-hybridized carbons (Fsp3) is 0.467. The van der Waals surface area contributed by atoms with Gasteiger partial charge in [-0.25, -0.2) is 0 Å². The smallest absolute Gasteiger partial charge is 0.315 e. The van der Waals surface area contributed by atoms with Crippen LogP contribution in [0.3, 0.4) is 0 Å². The number of benzene rings is 1. The lowest BCUT2D eigenvalue weighted by molar-refractivity contribution is -0.158. The van der Waals surface area contributed by atoms with Gasteiger partial charge in [-0.15, -0.1) is 23.2 Å². The van der Waals surface area contributed by atoms with Crippen molar-refractivity contribution in [2.24, 2.45) is 5.41 Å². The Morgan fingerprint density at radius 1 is 1.32 bits per heavy atom.